The lowest BCUT2D eigenvalue weighted by Gasteiger charge is -2.22. The van der Waals surface area contributed by atoms with Gasteiger partial charge in [0.25, 0.3) is 5.96 Å². The molecule has 1 radical (unpaired) electrons. The summed E-state index contributed by atoms with van der Waals surface area (Å²) in [5.74, 6) is -0.953. The summed E-state index contributed by atoms with van der Waals surface area (Å²) < 4.78 is 0. The normalized spacial score (nSPS) is 12.5. The number of nitrogens with zero attached hydrogens (tertiary/aromatic N) is 1. The fourth-order valence-corrected chi connectivity index (χ4v) is 2.95. The molecule has 1 aromatic carbocycles. The van der Waals surface area contributed by atoms with Gasteiger partial charge in [-0.15, -0.1) is 0 Å². The molecule has 0 heterocycles. The number of carbonyl (C=O) groups excluding carboxylic acids is 2. The lowest BCUT2D eigenvalue weighted by Crippen LogP contribution is -2.48. The maximum atomic E-state index is 12.9. The van der Waals surface area contributed by atoms with Crippen LogP contribution < -0.4 is 21.4 Å². The van der Waals surface area contributed by atoms with Gasteiger partial charge in [-0.05, 0) is 37.2 Å². The average molecular weight is 434 g/mol. The minimum absolute atomic E-state index is 0.228. The molecule has 0 unspecified atom stereocenters. The van der Waals surface area contributed by atoms with Gasteiger partial charge in [0, 0.05) is 13.1 Å². The number of amides is 2. The van der Waals surface area contributed by atoms with Crippen molar-refractivity contribution in [3.8, 4) is 0 Å². The molecule has 0 saturated carbocycles. The molecule has 0 aromatic heterocycles. The maximum Gasteiger partial charge on any atom is 0.251 e. The molecule has 171 valence electrons. The van der Waals surface area contributed by atoms with Crippen LogP contribution >= 0.6 is 0 Å². The van der Waals surface area contributed by atoms with Gasteiger partial charge in [-0.3, -0.25) is 15.0 Å². The molecule has 1 aromatic rings. The largest absolute Gasteiger partial charge is 0.352 e. The van der Waals surface area contributed by atoms with E-state index in [9.17, 15) is 19.7 Å². The van der Waals surface area contributed by atoms with Gasteiger partial charge in [0.1, 0.15) is 6.04 Å². The van der Waals surface area contributed by atoms with Crippen molar-refractivity contribution in [2.24, 2.45) is 5.92 Å². The Balaban J connectivity index is 2.72. The van der Waals surface area contributed by atoms with E-state index in [-0.39, 0.29) is 24.3 Å². The number of hydrogen-bond acceptors (Lipinski definition) is 5. The molecular formula is C21H33N6O4. The predicted octanol–water partition coefficient (Wildman–Crippen LogP) is 2.07. The van der Waals surface area contributed by atoms with Crippen molar-refractivity contribution in [3.63, 3.8) is 0 Å². The Morgan fingerprint density at radius 2 is 1.87 bits per heavy atom. The fraction of sp³-hybridized carbons (Fsp3) is 0.524. The Labute approximate surface area is 183 Å². The highest BCUT2D eigenvalue weighted by Gasteiger charge is 2.25. The number of guanidine groups is 1. The number of hydrazine groups is 1. The average Bonchev–Trinajstić information content (AvgIpc) is 2.70. The number of nitro groups is 1. The van der Waals surface area contributed by atoms with Crippen LogP contribution in [0.2, 0.25) is 0 Å². The van der Waals surface area contributed by atoms with Crippen molar-refractivity contribution in [1.82, 2.24) is 21.4 Å². The van der Waals surface area contributed by atoms with E-state index in [1.54, 1.807) is 12.0 Å². The van der Waals surface area contributed by atoms with Gasteiger partial charge >= 0.3 is 0 Å². The summed E-state index contributed by atoms with van der Waals surface area (Å²) in [5.41, 5.74) is 2.59. The Morgan fingerprint density at radius 3 is 2.45 bits per heavy atom. The highest BCUT2D eigenvalue weighted by Crippen LogP contribution is 2.19. The third kappa shape index (κ3) is 10.4. The molecule has 0 aliphatic carbocycles. The van der Waals surface area contributed by atoms with E-state index in [4.69, 9.17) is 5.41 Å². The van der Waals surface area contributed by atoms with Crippen molar-refractivity contribution in [1.29, 1.82) is 5.41 Å². The van der Waals surface area contributed by atoms with Gasteiger partial charge < -0.3 is 16.0 Å². The van der Waals surface area contributed by atoms with Crippen LogP contribution in [0.25, 0.3) is 0 Å². The SMILES string of the molecule is CC[C@@H](C(=O)N[C@@H](CCCNC(=N)N[N+](=O)[O-])C(=O)N[CH]CC(C)C)c1ccccc1. The molecule has 10 nitrogen and oxygen atoms in total. The first kappa shape index (κ1) is 25.9. The first-order chi connectivity index (χ1) is 14.7. The molecule has 0 aliphatic heterocycles. The van der Waals surface area contributed by atoms with Crippen LogP contribution in [-0.2, 0) is 9.59 Å². The van der Waals surface area contributed by atoms with Crippen LogP contribution in [-0.4, -0.2) is 35.4 Å². The molecular weight excluding hydrogens is 400 g/mol. The van der Waals surface area contributed by atoms with E-state index in [0.29, 0.717) is 31.6 Å². The summed E-state index contributed by atoms with van der Waals surface area (Å²) in [6.07, 6.45) is 2.04. The lowest BCUT2D eigenvalue weighted by molar-refractivity contribution is -0.525. The summed E-state index contributed by atoms with van der Waals surface area (Å²) in [5, 5.41) is 25.0. The van der Waals surface area contributed by atoms with E-state index in [1.807, 2.05) is 51.1 Å². The number of carbonyl (C=O) groups is 2. The Morgan fingerprint density at radius 1 is 1.19 bits per heavy atom. The zero-order chi connectivity index (χ0) is 23.2. The number of rotatable bonds is 13. The molecule has 31 heavy (non-hydrogen) atoms. The van der Waals surface area contributed by atoms with E-state index in [1.165, 1.54) is 0 Å². The molecule has 0 bridgehead atoms. The minimum atomic E-state index is -0.829. The Hall–Kier alpha value is -3.17. The standard InChI is InChI=1S/C21H33N6O4/c1-4-17(16-9-6-5-7-10-16)19(28)25-18(20(29)23-14-12-15(2)3)11-8-13-24-21(22)26-27(30)31/h5-7,9-10,14-15,17-18H,4,8,11-13H2,1-3H3,(H,23,29)(H,25,28)(H3,22,24,26)/t17-,18+/m1/s1. The quantitative estimate of drug-likeness (QED) is 0.106. The van der Waals surface area contributed by atoms with Crippen LogP contribution in [0.1, 0.15) is 57.9 Å². The second-order valence-electron chi connectivity index (χ2n) is 7.59. The Kier molecular flexibility index (Phi) is 11.6. The monoisotopic (exact) mass is 433 g/mol. The van der Waals surface area contributed by atoms with Gasteiger partial charge in [-0.2, -0.15) is 0 Å². The first-order valence-corrected chi connectivity index (χ1v) is 10.4. The smallest absolute Gasteiger partial charge is 0.251 e. The van der Waals surface area contributed by atoms with E-state index < -0.39 is 17.0 Å². The predicted molar refractivity (Wildman–Crippen MR) is 118 cm³/mol. The zero-order valence-corrected chi connectivity index (χ0v) is 18.3. The molecule has 0 spiro atoms. The van der Waals surface area contributed by atoms with Crippen molar-refractivity contribution in [2.75, 3.05) is 6.54 Å². The molecule has 5 N–H and O–H groups in total. The van der Waals surface area contributed by atoms with Crippen LogP contribution in [0.4, 0.5) is 0 Å². The Bertz CT molecular complexity index is 726. The fourth-order valence-electron chi connectivity index (χ4n) is 2.95. The molecule has 0 fully saturated rings. The number of benzene rings is 1. The molecule has 1 rings (SSSR count). The lowest BCUT2D eigenvalue weighted by atomic mass is 9.95. The highest BCUT2D eigenvalue weighted by atomic mass is 16.7. The van der Waals surface area contributed by atoms with Gasteiger partial charge in [0.2, 0.25) is 11.8 Å². The number of hydrogen-bond donors (Lipinski definition) is 5. The molecule has 0 aliphatic rings. The maximum absolute atomic E-state index is 12.9. The first-order valence-electron chi connectivity index (χ1n) is 10.4. The van der Waals surface area contributed by atoms with Gasteiger partial charge in [0.05, 0.1) is 5.92 Å². The van der Waals surface area contributed by atoms with Gasteiger partial charge in [-0.25, -0.2) is 10.1 Å². The van der Waals surface area contributed by atoms with Crippen molar-refractivity contribution in [2.45, 2.75) is 58.4 Å². The highest BCUT2D eigenvalue weighted by molar-refractivity contribution is 5.90. The van der Waals surface area contributed by atoms with E-state index in [0.717, 1.165) is 5.56 Å². The summed E-state index contributed by atoms with van der Waals surface area (Å²) in [4.78, 5) is 35.9. The van der Waals surface area contributed by atoms with Crippen molar-refractivity contribution >= 4 is 17.8 Å². The van der Waals surface area contributed by atoms with Crippen molar-refractivity contribution < 1.29 is 14.6 Å². The van der Waals surface area contributed by atoms with Crippen LogP contribution in [0.5, 0.6) is 0 Å². The second kappa shape index (κ2) is 13.9. The molecule has 2 atom stereocenters. The van der Waals surface area contributed by atoms with Crippen LogP contribution in [0.3, 0.4) is 0 Å². The molecule has 2 amide bonds. The van der Waals surface area contributed by atoms with Gasteiger partial charge in [-0.1, -0.05) is 56.5 Å². The molecule has 10 heteroatoms. The summed E-state index contributed by atoms with van der Waals surface area (Å²) in [7, 11) is 0. The number of nitrogens with one attached hydrogen (secondary N) is 5. The van der Waals surface area contributed by atoms with Crippen molar-refractivity contribution in [3.05, 3.63) is 52.6 Å². The van der Waals surface area contributed by atoms with E-state index >= 15 is 0 Å². The third-order valence-corrected chi connectivity index (χ3v) is 4.57. The second-order valence-corrected chi connectivity index (χ2v) is 7.59. The van der Waals surface area contributed by atoms with Crippen LogP contribution in [0, 0.1) is 28.0 Å². The van der Waals surface area contributed by atoms with E-state index in [2.05, 4.69) is 16.0 Å². The summed E-state index contributed by atoms with van der Waals surface area (Å²) >= 11 is 0. The summed E-state index contributed by atoms with van der Waals surface area (Å²) in [6.45, 7) is 7.92. The topological polar surface area (TPSA) is 149 Å². The molecule has 0 saturated heterocycles. The third-order valence-electron chi connectivity index (χ3n) is 4.57. The minimum Gasteiger partial charge on any atom is -0.352 e. The van der Waals surface area contributed by atoms with Crippen LogP contribution in [0.15, 0.2) is 30.3 Å². The van der Waals surface area contributed by atoms with Gasteiger partial charge in [0.15, 0.2) is 5.03 Å². The zero-order valence-electron chi connectivity index (χ0n) is 18.3. The summed E-state index contributed by atoms with van der Waals surface area (Å²) in [6, 6.07) is 8.64.